The number of nitrogens with two attached hydrogens (primary N) is 1. The van der Waals surface area contributed by atoms with E-state index >= 15 is 0 Å². The lowest BCUT2D eigenvalue weighted by atomic mass is 10.1. The summed E-state index contributed by atoms with van der Waals surface area (Å²) in [6.45, 7) is 0. The van der Waals surface area contributed by atoms with E-state index in [1.807, 2.05) is 25.2 Å². The van der Waals surface area contributed by atoms with Crippen molar-refractivity contribution in [2.75, 3.05) is 11.9 Å². The second kappa shape index (κ2) is 5.83. The standard InChI is InChI=1S/C12H12IN5O/c1-18(12-15-6-8(13)7-16-12)10-5-3-2-4-9(10)11(14)17-19/h2-7,19H,1H3,(H2,14,17). The Morgan fingerprint density at radius 2 is 1.95 bits per heavy atom. The van der Waals surface area contributed by atoms with Crippen LogP contribution in [0, 0.1) is 3.57 Å². The van der Waals surface area contributed by atoms with Crippen LogP contribution in [0.5, 0.6) is 0 Å². The third-order valence-electron chi connectivity index (χ3n) is 2.56. The van der Waals surface area contributed by atoms with Crippen molar-refractivity contribution in [3.8, 4) is 0 Å². The minimum absolute atomic E-state index is 0.0490. The van der Waals surface area contributed by atoms with Crippen molar-refractivity contribution in [2.45, 2.75) is 0 Å². The number of aromatic nitrogens is 2. The minimum atomic E-state index is 0.0490. The summed E-state index contributed by atoms with van der Waals surface area (Å²) >= 11 is 2.14. The predicted octanol–water partition coefficient (Wildman–Crippen LogP) is 1.94. The van der Waals surface area contributed by atoms with Gasteiger partial charge in [0.15, 0.2) is 5.84 Å². The van der Waals surface area contributed by atoms with Crippen LogP contribution >= 0.6 is 22.6 Å². The minimum Gasteiger partial charge on any atom is -0.409 e. The van der Waals surface area contributed by atoms with E-state index in [1.54, 1.807) is 23.4 Å². The molecule has 1 heterocycles. The van der Waals surface area contributed by atoms with Gasteiger partial charge in [0.05, 0.1) is 5.69 Å². The maximum Gasteiger partial charge on any atom is 0.229 e. The first-order valence-electron chi connectivity index (χ1n) is 5.41. The first-order valence-corrected chi connectivity index (χ1v) is 6.49. The van der Waals surface area contributed by atoms with E-state index in [1.165, 1.54) is 0 Å². The zero-order valence-electron chi connectivity index (χ0n) is 10.2. The molecule has 6 nitrogen and oxygen atoms in total. The summed E-state index contributed by atoms with van der Waals surface area (Å²) in [5, 5.41) is 11.8. The highest BCUT2D eigenvalue weighted by molar-refractivity contribution is 14.1. The van der Waals surface area contributed by atoms with Crippen LogP contribution in [0.4, 0.5) is 11.6 Å². The van der Waals surface area contributed by atoms with Gasteiger partial charge in [0.1, 0.15) is 0 Å². The fourth-order valence-electron chi connectivity index (χ4n) is 1.62. The number of hydrogen-bond donors (Lipinski definition) is 2. The lowest BCUT2D eigenvalue weighted by molar-refractivity contribution is 0.318. The first kappa shape index (κ1) is 13.5. The fourth-order valence-corrected chi connectivity index (χ4v) is 1.90. The van der Waals surface area contributed by atoms with E-state index < -0.39 is 0 Å². The highest BCUT2D eigenvalue weighted by atomic mass is 127. The molecule has 0 bridgehead atoms. The van der Waals surface area contributed by atoms with E-state index in [0.717, 1.165) is 9.26 Å². The molecule has 0 saturated heterocycles. The molecule has 98 valence electrons. The van der Waals surface area contributed by atoms with Crippen LogP contribution in [0.3, 0.4) is 0 Å². The van der Waals surface area contributed by atoms with Gasteiger partial charge in [-0.3, -0.25) is 0 Å². The van der Waals surface area contributed by atoms with Crippen molar-refractivity contribution in [2.24, 2.45) is 10.9 Å². The Hall–Kier alpha value is -1.90. The Morgan fingerprint density at radius 1 is 1.32 bits per heavy atom. The van der Waals surface area contributed by atoms with Crippen molar-refractivity contribution in [3.05, 3.63) is 45.8 Å². The van der Waals surface area contributed by atoms with E-state index in [-0.39, 0.29) is 5.84 Å². The molecule has 0 atom stereocenters. The fraction of sp³-hybridized carbons (Fsp3) is 0.0833. The first-order chi connectivity index (χ1) is 9.13. The molecule has 0 aliphatic rings. The maximum absolute atomic E-state index is 8.81. The molecule has 0 saturated carbocycles. The number of amidine groups is 1. The summed E-state index contributed by atoms with van der Waals surface area (Å²) in [4.78, 5) is 10.3. The summed E-state index contributed by atoms with van der Waals surface area (Å²) in [6.07, 6.45) is 3.46. The smallest absolute Gasteiger partial charge is 0.229 e. The van der Waals surface area contributed by atoms with Crippen LogP contribution in [-0.2, 0) is 0 Å². The van der Waals surface area contributed by atoms with Gasteiger partial charge in [0.2, 0.25) is 5.95 Å². The molecular formula is C12H12IN5O. The molecule has 19 heavy (non-hydrogen) atoms. The van der Waals surface area contributed by atoms with Gasteiger partial charge in [-0.05, 0) is 34.7 Å². The van der Waals surface area contributed by atoms with Crippen LogP contribution in [0.15, 0.2) is 41.8 Å². The number of halogens is 1. The summed E-state index contributed by atoms with van der Waals surface area (Å²) in [5.41, 5.74) is 7.05. The van der Waals surface area contributed by atoms with Crippen LogP contribution < -0.4 is 10.6 Å². The SMILES string of the molecule is CN(c1ncc(I)cn1)c1ccccc1/C(N)=N/O. The molecule has 2 aromatic rings. The van der Waals surface area contributed by atoms with E-state index in [0.29, 0.717) is 11.5 Å². The number of benzene rings is 1. The Kier molecular flexibility index (Phi) is 4.15. The van der Waals surface area contributed by atoms with Gasteiger partial charge in [-0.1, -0.05) is 17.3 Å². The molecule has 7 heteroatoms. The molecule has 1 aromatic heterocycles. The zero-order chi connectivity index (χ0) is 13.8. The zero-order valence-corrected chi connectivity index (χ0v) is 12.3. The topological polar surface area (TPSA) is 87.6 Å². The van der Waals surface area contributed by atoms with E-state index in [4.69, 9.17) is 10.9 Å². The van der Waals surface area contributed by atoms with Crippen molar-refractivity contribution >= 4 is 40.1 Å². The van der Waals surface area contributed by atoms with Gasteiger partial charge in [-0.15, -0.1) is 0 Å². The van der Waals surface area contributed by atoms with Crippen molar-refractivity contribution in [1.82, 2.24) is 9.97 Å². The lowest BCUT2D eigenvalue weighted by Gasteiger charge is -2.19. The molecule has 0 aliphatic heterocycles. The third kappa shape index (κ3) is 2.92. The molecule has 0 aliphatic carbocycles. The number of rotatable bonds is 3. The molecule has 3 N–H and O–H groups in total. The summed E-state index contributed by atoms with van der Waals surface area (Å²) in [5.74, 6) is 0.589. The van der Waals surface area contributed by atoms with Crippen molar-refractivity contribution in [3.63, 3.8) is 0 Å². The normalized spacial score (nSPS) is 11.4. The van der Waals surface area contributed by atoms with Gasteiger partial charge in [-0.2, -0.15) is 0 Å². The van der Waals surface area contributed by atoms with Crippen LogP contribution in [-0.4, -0.2) is 28.1 Å². The number of nitrogens with zero attached hydrogens (tertiary/aromatic N) is 4. The summed E-state index contributed by atoms with van der Waals surface area (Å²) < 4.78 is 0.958. The Bertz CT molecular complexity index is 599. The second-order valence-electron chi connectivity index (χ2n) is 3.76. The lowest BCUT2D eigenvalue weighted by Crippen LogP contribution is -2.20. The van der Waals surface area contributed by atoms with E-state index in [9.17, 15) is 0 Å². The molecule has 0 fully saturated rings. The number of oxime groups is 1. The van der Waals surface area contributed by atoms with Crippen LogP contribution in [0.25, 0.3) is 0 Å². The molecule has 0 amide bonds. The van der Waals surface area contributed by atoms with Crippen molar-refractivity contribution < 1.29 is 5.21 Å². The summed E-state index contributed by atoms with van der Waals surface area (Å²) in [7, 11) is 1.83. The Labute approximate surface area is 124 Å². The number of para-hydroxylation sites is 1. The molecule has 0 unspecified atom stereocenters. The summed E-state index contributed by atoms with van der Waals surface area (Å²) in [6, 6.07) is 7.31. The number of hydrogen-bond acceptors (Lipinski definition) is 5. The largest absolute Gasteiger partial charge is 0.409 e. The third-order valence-corrected chi connectivity index (χ3v) is 3.11. The molecule has 0 spiro atoms. The molecule has 0 radical (unpaired) electrons. The molecule has 2 rings (SSSR count). The van der Waals surface area contributed by atoms with Gasteiger partial charge in [0, 0.05) is 28.6 Å². The van der Waals surface area contributed by atoms with Gasteiger partial charge in [-0.25, -0.2) is 9.97 Å². The Balaban J connectivity index is 2.44. The highest BCUT2D eigenvalue weighted by Crippen LogP contribution is 2.24. The maximum atomic E-state index is 8.81. The van der Waals surface area contributed by atoms with Gasteiger partial charge in [0.25, 0.3) is 0 Å². The molecule has 1 aromatic carbocycles. The quantitative estimate of drug-likeness (QED) is 0.284. The average molecular weight is 369 g/mol. The monoisotopic (exact) mass is 369 g/mol. The average Bonchev–Trinajstić information content (AvgIpc) is 2.46. The Morgan fingerprint density at radius 3 is 2.58 bits per heavy atom. The van der Waals surface area contributed by atoms with Gasteiger partial charge >= 0.3 is 0 Å². The molecular weight excluding hydrogens is 357 g/mol. The predicted molar refractivity (Wildman–Crippen MR) is 81.8 cm³/mol. The number of anilines is 2. The van der Waals surface area contributed by atoms with Crippen molar-refractivity contribution in [1.29, 1.82) is 0 Å². The highest BCUT2D eigenvalue weighted by Gasteiger charge is 2.13. The van der Waals surface area contributed by atoms with Crippen LogP contribution in [0.1, 0.15) is 5.56 Å². The van der Waals surface area contributed by atoms with Gasteiger partial charge < -0.3 is 15.8 Å². The van der Waals surface area contributed by atoms with E-state index in [2.05, 4.69) is 37.7 Å². The van der Waals surface area contributed by atoms with Crippen LogP contribution in [0.2, 0.25) is 0 Å². The second-order valence-corrected chi connectivity index (χ2v) is 5.01.